The number of hydrogen-bond acceptors (Lipinski definition) is 3. The first-order valence-electron chi connectivity index (χ1n) is 9.04. The lowest BCUT2D eigenvalue weighted by Gasteiger charge is -2.31. The summed E-state index contributed by atoms with van der Waals surface area (Å²) in [6.45, 7) is 1.92. The van der Waals surface area contributed by atoms with E-state index in [2.05, 4.69) is 22.1 Å². The average Bonchev–Trinajstić information content (AvgIpc) is 2.58. The van der Waals surface area contributed by atoms with E-state index in [1.807, 2.05) is 19.1 Å². The molecule has 0 aromatic heterocycles. The Kier molecular flexibility index (Phi) is 5.42. The Bertz CT molecular complexity index is 763. The topological polar surface area (TPSA) is 58.5 Å². The standard InChI is InChI=1S/C20H26N2O2S/c1-17-7-9-19(10-8-17)25(23,24)22-21-18-11-15-20(16-12-18)13-5-3-2-4-6-14-20/h7-12,15-16,22H,2-6,13-14H2,1H3. The molecule has 5 heteroatoms. The lowest BCUT2D eigenvalue weighted by atomic mass is 9.74. The van der Waals surface area contributed by atoms with Gasteiger partial charge in [0.2, 0.25) is 0 Å². The van der Waals surface area contributed by atoms with Crippen molar-refractivity contribution in [1.29, 1.82) is 0 Å². The third kappa shape index (κ3) is 4.60. The molecule has 1 aromatic rings. The summed E-state index contributed by atoms with van der Waals surface area (Å²) in [5.74, 6) is 0. The van der Waals surface area contributed by atoms with E-state index in [-0.39, 0.29) is 10.3 Å². The van der Waals surface area contributed by atoms with Crippen LogP contribution in [-0.4, -0.2) is 14.1 Å². The van der Waals surface area contributed by atoms with Crippen molar-refractivity contribution in [3.63, 3.8) is 0 Å². The molecule has 0 saturated heterocycles. The van der Waals surface area contributed by atoms with Gasteiger partial charge >= 0.3 is 0 Å². The van der Waals surface area contributed by atoms with Crippen molar-refractivity contribution in [1.82, 2.24) is 4.83 Å². The van der Waals surface area contributed by atoms with Crippen molar-refractivity contribution in [2.24, 2.45) is 10.5 Å². The Balaban J connectivity index is 1.68. The molecule has 25 heavy (non-hydrogen) atoms. The van der Waals surface area contributed by atoms with Crippen LogP contribution in [0, 0.1) is 12.3 Å². The van der Waals surface area contributed by atoms with Gasteiger partial charge in [0.1, 0.15) is 0 Å². The van der Waals surface area contributed by atoms with E-state index in [1.165, 1.54) is 44.9 Å². The summed E-state index contributed by atoms with van der Waals surface area (Å²) < 4.78 is 24.6. The molecule has 0 amide bonds. The molecule has 2 aliphatic rings. The number of hydrogen-bond donors (Lipinski definition) is 1. The van der Waals surface area contributed by atoms with E-state index < -0.39 is 10.0 Å². The van der Waals surface area contributed by atoms with E-state index in [1.54, 1.807) is 24.3 Å². The van der Waals surface area contributed by atoms with Crippen LogP contribution in [0.1, 0.15) is 50.5 Å². The third-order valence-corrected chi connectivity index (χ3v) is 6.31. The van der Waals surface area contributed by atoms with E-state index in [0.29, 0.717) is 5.71 Å². The molecule has 0 atom stereocenters. The maximum atomic E-state index is 12.3. The van der Waals surface area contributed by atoms with Gasteiger partial charge in [-0.3, -0.25) is 0 Å². The maximum absolute atomic E-state index is 12.3. The zero-order chi connectivity index (χ0) is 17.8. The SMILES string of the molecule is Cc1ccc(S(=O)(=O)NN=C2C=CC3(C=C2)CCCCCCC3)cc1. The second-order valence-electron chi connectivity index (χ2n) is 7.11. The highest BCUT2D eigenvalue weighted by Crippen LogP contribution is 2.38. The molecule has 3 rings (SSSR count). The van der Waals surface area contributed by atoms with Crippen LogP contribution < -0.4 is 4.83 Å². The highest BCUT2D eigenvalue weighted by Gasteiger charge is 2.26. The summed E-state index contributed by atoms with van der Waals surface area (Å²) in [6.07, 6.45) is 17.1. The molecule has 0 unspecified atom stereocenters. The van der Waals surface area contributed by atoms with Crippen LogP contribution in [0.4, 0.5) is 0 Å². The van der Waals surface area contributed by atoms with Crippen LogP contribution in [0.15, 0.2) is 58.6 Å². The molecule has 0 heterocycles. The minimum absolute atomic E-state index is 0.134. The normalized spacial score (nSPS) is 20.1. The molecule has 1 aromatic carbocycles. The van der Waals surface area contributed by atoms with E-state index in [0.717, 1.165) is 5.56 Å². The largest absolute Gasteiger partial charge is 0.276 e. The van der Waals surface area contributed by atoms with Crippen molar-refractivity contribution >= 4 is 15.7 Å². The number of rotatable bonds is 3. The number of benzene rings is 1. The minimum Gasteiger partial charge on any atom is -0.200 e. The fourth-order valence-electron chi connectivity index (χ4n) is 3.47. The number of sulfonamides is 1. The molecule has 0 bridgehead atoms. The average molecular weight is 359 g/mol. The molecule has 4 nitrogen and oxygen atoms in total. The van der Waals surface area contributed by atoms with Gasteiger partial charge in [-0.1, -0.05) is 62.0 Å². The monoisotopic (exact) mass is 358 g/mol. The van der Waals surface area contributed by atoms with Crippen LogP contribution in [0.5, 0.6) is 0 Å². The Morgan fingerprint density at radius 1 is 0.920 bits per heavy atom. The van der Waals surface area contributed by atoms with Crippen LogP contribution >= 0.6 is 0 Å². The first-order chi connectivity index (χ1) is 12.0. The van der Waals surface area contributed by atoms with Crippen molar-refractivity contribution in [3.05, 3.63) is 54.1 Å². The molecular weight excluding hydrogens is 332 g/mol. The van der Waals surface area contributed by atoms with Gasteiger partial charge in [-0.05, 0) is 44.1 Å². The van der Waals surface area contributed by atoms with Crippen molar-refractivity contribution in [2.45, 2.75) is 56.8 Å². The summed E-state index contributed by atoms with van der Waals surface area (Å²) in [4.78, 5) is 2.56. The summed E-state index contributed by atoms with van der Waals surface area (Å²) in [7, 11) is -3.63. The second-order valence-corrected chi connectivity index (χ2v) is 8.77. The molecule has 1 fully saturated rings. The smallest absolute Gasteiger partial charge is 0.200 e. The Labute approximate surface area is 150 Å². The number of nitrogens with one attached hydrogen (secondary N) is 1. The second kappa shape index (κ2) is 7.56. The van der Waals surface area contributed by atoms with Gasteiger partial charge in [0.15, 0.2) is 0 Å². The molecule has 1 spiro atoms. The van der Waals surface area contributed by atoms with Gasteiger partial charge in [-0.25, -0.2) is 0 Å². The van der Waals surface area contributed by atoms with Crippen LogP contribution in [-0.2, 0) is 10.0 Å². The lowest BCUT2D eigenvalue weighted by molar-refractivity contribution is 0.347. The summed E-state index contributed by atoms with van der Waals surface area (Å²) >= 11 is 0. The Hall–Kier alpha value is -1.88. The van der Waals surface area contributed by atoms with Crippen molar-refractivity contribution in [3.8, 4) is 0 Å². The van der Waals surface area contributed by atoms with E-state index in [9.17, 15) is 8.42 Å². The lowest BCUT2D eigenvalue weighted by Crippen LogP contribution is -2.22. The van der Waals surface area contributed by atoms with Gasteiger partial charge in [0.05, 0.1) is 10.6 Å². The Morgan fingerprint density at radius 3 is 2.08 bits per heavy atom. The number of aryl methyl sites for hydroxylation is 1. The number of allylic oxidation sites excluding steroid dienone is 4. The first-order valence-corrected chi connectivity index (χ1v) is 10.5. The van der Waals surface area contributed by atoms with Gasteiger partial charge < -0.3 is 0 Å². The van der Waals surface area contributed by atoms with Gasteiger partial charge in [-0.15, -0.1) is 0 Å². The maximum Gasteiger partial charge on any atom is 0.276 e. The molecular formula is C20H26N2O2S. The fraction of sp³-hybridized carbons (Fsp3) is 0.450. The summed E-state index contributed by atoms with van der Waals surface area (Å²) in [5.41, 5.74) is 1.80. The Morgan fingerprint density at radius 2 is 1.48 bits per heavy atom. The predicted molar refractivity (Wildman–Crippen MR) is 102 cm³/mol. The van der Waals surface area contributed by atoms with Crippen molar-refractivity contribution < 1.29 is 8.42 Å². The first kappa shape index (κ1) is 17.9. The van der Waals surface area contributed by atoms with Crippen LogP contribution in [0.3, 0.4) is 0 Å². The molecule has 0 aliphatic heterocycles. The van der Waals surface area contributed by atoms with E-state index >= 15 is 0 Å². The van der Waals surface area contributed by atoms with Crippen molar-refractivity contribution in [2.75, 3.05) is 0 Å². The fourth-order valence-corrected chi connectivity index (χ4v) is 4.29. The molecule has 1 N–H and O–H groups in total. The zero-order valence-electron chi connectivity index (χ0n) is 14.7. The molecule has 2 aliphatic carbocycles. The number of hydrazone groups is 1. The van der Waals surface area contributed by atoms with Gasteiger partial charge in [-0.2, -0.15) is 18.4 Å². The molecule has 0 radical (unpaired) electrons. The predicted octanol–water partition coefficient (Wildman–Crippen LogP) is 4.49. The molecule has 1 saturated carbocycles. The summed E-state index contributed by atoms with van der Waals surface area (Å²) in [6, 6.07) is 6.74. The zero-order valence-corrected chi connectivity index (χ0v) is 15.6. The van der Waals surface area contributed by atoms with Gasteiger partial charge in [0, 0.05) is 5.41 Å². The van der Waals surface area contributed by atoms with Crippen LogP contribution in [0.25, 0.3) is 0 Å². The molecule has 134 valence electrons. The highest BCUT2D eigenvalue weighted by molar-refractivity contribution is 7.89. The minimum atomic E-state index is -3.63. The summed E-state index contributed by atoms with van der Waals surface area (Å²) in [5, 5.41) is 4.08. The highest BCUT2D eigenvalue weighted by atomic mass is 32.2. The third-order valence-electron chi connectivity index (χ3n) is 5.08. The van der Waals surface area contributed by atoms with Gasteiger partial charge in [0.25, 0.3) is 10.0 Å². The number of nitrogens with zero attached hydrogens (tertiary/aromatic N) is 1. The van der Waals surface area contributed by atoms with Crippen LogP contribution in [0.2, 0.25) is 0 Å². The quantitative estimate of drug-likeness (QED) is 0.810. The van der Waals surface area contributed by atoms with E-state index in [4.69, 9.17) is 0 Å².